The Hall–Kier alpha value is -2.73. The maximum atomic E-state index is 10.6. The average Bonchev–Trinajstić information content (AvgIpc) is 2.66. The van der Waals surface area contributed by atoms with Crippen molar-refractivity contribution >= 4 is 10.8 Å². The molecule has 0 bridgehead atoms. The van der Waals surface area contributed by atoms with Crippen LogP contribution in [0, 0.1) is 0 Å². The molecule has 1 fully saturated rings. The number of phenols is 1. The van der Waals surface area contributed by atoms with Gasteiger partial charge in [-0.1, -0.05) is 13.3 Å². The van der Waals surface area contributed by atoms with Crippen LogP contribution in [0.25, 0.3) is 22.0 Å². The van der Waals surface area contributed by atoms with Crippen molar-refractivity contribution in [3.8, 4) is 22.9 Å². The topological polar surface area (TPSA) is 80.2 Å². The SMILES string of the molecule is CCCc1cc2cc(O)c(-c3ccc(OC4CC(C)(C)NC(C)(C)C4)nn3)cc2cn1. The summed E-state index contributed by atoms with van der Waals surface area (Å²) >= 11 is 0. The first-order valence-corrected chi connectivity index (χ1v) is 11.1. The molecular formula is C25H32N4O2. The number of aromatic nitrogens is 3. The lowest BCUT2D eigenvalue weighted by Gasteiger charge is -2.46. The van der Waals surface area contributed by atoms with Gasteiger partial charge >= 0.3 is 0 Å². The van der Waals surface area contributed by atoms with Gasteiger partial charge in [0.1, 0.15) is 11.9 Å². The predicted octanol–water partition coefficient (Wildman–Crippen LogP) is 5.04. The Morgan fingerprint density at radius 3 is 2.42 bits per heavy atom. The van der Waals surface area contributed by atoms with E-state index in [0.29, 0.717) is 17.1 Å². The summed E-state index contributed by atoms with van der Waals surface area (Å²) in [5, 5.41) is 24.8. The first kappa shape index (κ1) is 21.5. The van der Waals surface area contributed by atoms with Gasteiger partial charge in [0.05, 0.1) is 5.69 Å². The van der Waals surface area contributed by atoms with Crippen LogP contribution in [-0.2, 0) is 6.42 Å². The number of aromatic hydroxyl groups is 1. The van der Waals surface area contributed by atoms with E-state index < -0.39 is 0 Å². The summed E-state index contributed by atoms with van der Waals surface area (Å²) < 4.78 is 6.17. The molecule has 1 saturated heterocycles. The summed E-state index contributed by atoms with van der Waals surface area (Å²) in [7, 11) is 0. The third kappa shape index (κ3) is 4.96. The molecule has 0 unspecified atom stereocenters. The van der Waals surface area contributed by atoms with Crippen LogP contribution in [0.2, 0.25) is 0 Å². The van der Waals surface area contributed by atoms with E-state index in [9.17, 15) is 5.11 Å². The monoisotopic (exact) mass is 420 g/mol. The van der Waals surface area contributed by atoms with Crippen LogP contribution in [0.4, 0.5) is 0 Å². The maximum Gasteiger partial charge on any atom is 0.233 e. The van der Waals surface area contributed by atoms with E-state index in [4.69, 9.17) is 4.74 Å². The van der Waals surface area contributed by atoms with E-state index in [-0.39, 0.29) is 22.9 Å². The molecule has 4 rings (SSSR count). The van der Waals surface area contributed by atoms with E-state index in [0.717, 1.165) is 42.1 Å². The Morgan fingerprint density at radius 1 is 1.03 bits per heavy atom. The van der Waals surface area contributed by atoms with E-state index in [2.05, 4.69) is 55.1 Å². The van der Waals surface area contributed by atoms with Crippen LogP contribution >= 0.6 is 0 Å². The fourth-order valence-electron chi connectivity index (χ4n) is 4.83. The predicted molar refractivity (Wildman–Crippen MR) is 123 cm³/mol. The largest absolute Gasteiger partial charge is 0.507 e. The number of aryl methyl sites for hydroxylation is 1. The molecule has 1 aliphatic rings. The van der Waals surface area contributed by atoms with Gasteiger partial charge in [-0.25, -0.2) is 0 Å². The van der Waals surface area contributed by atoms with Crippen molar-refractivity contribution in [3.05, 3.63) is 42.2 Å². The van der Waals surface area contributed by atoms with Gasteiger partial charge in [-0.15, -0.1) is 10.2 Å². The van der Waals surface area contributed by atoms with Crippen molar-refractivity contribution in [2.75, 3.05) is 0 Å². The highest BCUT2D eigenvalue weighted by atomic mass is 16.5. The van der Waals surface area contributed by atoms with Gasteiger partial charge in [0.25, 0.3) is 0 Å². The van der Waals surface area contributed by atoms with E-state index in [1.165, 1.54) is 0 Å². The number of fused-ring (bicyclic) bond motifs is 1. The Balaban J connectivity index is 1.54. The third-order valence-electron chi connectivity index (χ3n) is 5.76. The molecule has 0 atom stereocenters. The minimum absolute atomic E-state index is 0.00169. The lowest BCUT2D eigenvalue weighted by molar-refractivity contribution is 0.0524. The Morgan fingerprint density at radius 2 is 1.77 bits per heavy atom. The fourth-order valence-corrected chi connectivity index (χ4v) is 4.83. The Kier molecular flexibility index (Phi) is 5.60. The zero-order valence-electron chi connectivity index (χ0n) is 19.1. The van der Waals surface area contributed by atoms with Crippen molar-refractivity contribution < 1.29 is 9.84 Å². The van der Waals surface area contributed by atoms with Crippen LogP contribution < -0.4 is 10.1 Å². The second kappa shape index (κ2) is 8.08. The molecule has 2 N–H and O–H groups in total. The number of ether oxygens (including phenoxy) is 1. The Labute approximate surface area is 184 Å². The number of benzene rings is 1. The van der Waals surface area contributed by atoms with Crippen molar-refractivity contribution in [1.29, 1.82) is 0 Å². The molecule has 0 radical (unpaired) electrons. The summed E-state index contributed by atoms with van der Waals surface area (Å²) in [6, 6.07) is 9.40. The number of phenolic OH excluding ortho intramolecular Hbond substituents is 1. The summed E-state index contributed by atoms with van der Waals surface area (Å²) in [6.07, 6.45) is 5.70. The van der Waals surface area contributed by atoms with E-state index >= 15 is 0 Å². The van der Waals surface area contributed by atoms with Gasteiger partial charge in [-0.05, 0) is 63.8 Å². The van der Waals surface area contributed by atoms with Gasteiger partial charge in [-0.3, -0.25) is 4.98 Å². The van der Waals surface area contributed by atoms with E-state index in [1.54, 1.807) is 6.07 Å². The first-order chi connectivity index (χ1) is 14.6. The number of hydrogen-bond donors (Lipinski definition) is 2. The quantitative estimate of drug-likeness (QED) is 0.602. The van der Waals surface area contributed by atoms with Gasteiger partial charge in [0, 0.05) is 52.8 Å². The van der Waals surface area contributed by atoms with Crippen LogP contribution in [0.1, 0.15) is 59.6 Å². The molecule has 6 nitrogen and oxygen atoms in total. The molecular weight excluding hydrogens is 388 g/mol. The number of piperidine rings is 1. The van der Waals surface area contributed by atoms with Crippen molar-refractivity contribution in [3.63, 3.8) is 0 Å². The molecule has 3 heterocycles. The zero-order valence-corrected chi connectivity index (χ0v) is 19.1. The van der Waals surface area contributed by atoms with Gasteiger partial charge in [-0.2, -0.15) is 0 Å². The second-order valence-corrected chi connectivity index (χ2v) is 9.94. The number of nitrogens with one attached hydrogen (secondary N) is 1. The van der Waals surface area contributed by atoms with Crippen molar-refractivity contribution in [2.45, 2.75) is 77.5 Å². The number of nitrogens with zero attached hydrogens (tertiary/aromatic N) is 3. The molecule has 0 aliphatic carbocycles. The van der Waals surface area contributed by atoms with Crippen molar-refractivity contribution in [1.82, 2.24) is 20.5 Å². The summed E-state index contributed by atoms with van der Waals surface area (Å²) in [4.78, 5) is 4.52. The normalized spacial score (nSPS) is 18.2. The highest BCUT2D eigenvalue weighted by molar-refractivity contribution is 5.89. The lowest BCUT2D eigenvalue weighted by atomic mass is 9.81. The minimum Gasteiger partial charge on any atom is -0.507 e. The highest BCUT2D eigenvalue weighted by Gasteiger charge is 2.38. The summed E-state index contributed by atoms with van der Waals surface area (Å²) in [6.45, 7) is 10.9. The second-order valence-electron chi connectivity index (χ2n) is 9.94. The maximum absolute atomic E-state index is 10.6. The molecule has 1 aliphatic heterocycles. The molecule has 6 heteroatoms. The van der Waals surface area contributed by atoms with Gasteiger partial charge in [0.2, 0.25) is 5.88 Å². The molecule has 2 aromatic heterocycles. The molecule has 0 spiro atoms. The summed E-state index contributed by atoms with van der Waals surface area (Å²) in [5.41, 5.74) is 2.28. The summed E-state index contributed by atoms with van der Waals surface area (Å²) in [5.74, 6) is 0.694. The van der Waals surface area contributed by atoms with E-state index in [1.807, 2.05) is 30.5 Å². The highest BCUT2D eigenvalue weighted by Crippen LogP contribution is 2.34. The number of pyridine rings is 1. The average molecular weight is 421 g/mol. The lowest BCUT2D eigenvalue weighted by Crippen LogP contribution is -2.60. The molecule has 0 saturated carbocycles. The molecule has 31 heavy (non-hydrogen) atoms. The fraction of sp³-hybridized carbons (Fsp3) is 0.480. The van der Waals surface area contributed by atoms with Gasteiger partial charge in [0.15, 0.2) is 0 Å². The molecule has 3 aromatic rings. The molecule has 1 aromatic carbocycles. The Bertz CT molecular complexity index is 1060. The van der Waals surface area contributed by atoms with Gasteiger partial charge < -0.3 is 15.2 Å². The third-order valence-corrected chi connectivity index (χ3v) is 5.76. The number of rotatable bonds is 5. The van der Waals surface area contributed by atoms with Crippen molar-refractivity contribution in [2.24, 2.45) is 0 Å². The van der Waals surface area contributed by atoms with Crippen LogP contribution in [-0.4, -0.2) is 37.5 Å². The smallest absolute Gasteiger partial charge is 0.233 e. The van der Waals surface area contributed by atoms with Crippen LogP contribution in [0.15, 0.2) is 36.5 Å². The number of hydrogen-bond acceptors (Lipinski definition) is 6. The minimum atomic E-state index is 0.00169. The molecule has 164 valence electrons. The standard InChI is InChI=1S/C25H32N4O2/c1-6-7-18-10-16-12-22(30)20(11-17(16)15-26-18)21-8-9-23(28-27-21)31-19-13-24(2,3)29-25(4,5)14-19/h8-12,15,19,29-30H,6-7,13-14H2,1-5H3. The first-order valence-electron chi connectivity index (χ1n) is 11.1. The molecule has 0 amide bonds. The van der Waals surface area contributed by atoms with Crippen LogP contribution in [0.3, 0.4) is 0 Å². The van der Waals surface area contributed by atoms with Crippen LogP contribution in [0.5, 0.6) is 11.6 Å². The zero-order chi connectivity index (χ0) is 22.2.